The Kier molecular flexibility index (Phi) is 29.9. The normalized spacial score (nSPS) is 26.6. The number of amides is 12. The maximum Gasteiger partial charge on any atom is 0.417 e. The minimum atomic E-state index is -4.76. The standard InChI is InChI=1S/C74H114ClF3N12O12/c1-12-48(4)63-70(100)84(7)45-61(93)82(5)46-62(94)86(9)57(42-49-25-16-13-17-26-49)68(98)83(6)44-59(91)79-54(34-32-50-31-33-52(53(75)41-50)74(76,77)78)67(97)90-40-24-29-56(90)66(96)81-73(36-20-21-37-73)72(102)88(11)64(51-27-18-14-19-28-51)71(101)87(10)58(69(99)89-38-22-15-23-39-89)43-60(92)85(8)55(65(95)80-63)35-30-47(2)3/h31,33,41,47-49,51,54-58,63-64H,12-30,32,34-40,42-46H2,1-11H3,(H,79,91)(H,80,95)(H,81,96)/t48-,54-,55-,56?,57-,58-,63-,64-/m0/s1. The molecule has 3 saturated heterocycles. The average Bonchev–Trinajstić information content (AvgIpc) is 1.45. The van der Waals surface area contributed by atoms with Crippen molar-refractivity contribution in [2.75, 3.05) is 88.6 Å². The minimum Gasteiger partial charge on any atom is -0.343 e. The highest BCUT2D eigenvalue weighted by atomic mass is 35.5. The SMILES string of the molecule is CC[C@H](C)[C@@H]1NC(=O)[C@H](CCC(C)C)N(C)C(=O)C[C@@H](C(=O)N2CCCCC2)N(C)C(=O)[C@H](C2CCCCC2)N(C)C(=O)C2(CCCC2)NC(=O)C2CCCN2C(=O)[C@H](CCc2ccc(C(F)(F)F)c(Cl)c2)NC(=O)CN(C)C(=O)[C@H](CC2CCCCC2)N(C)C(=O)CN(C)C(=O)CN(C)C1=O. The Labute approximate surface area is 605 Å². The molecule has 8 atom stereocenters. The Morgan fingerprint density at radius 2 is 1.21 bits per heavy atom. The van der Waals surface area contributed by atoms with Gasteiger partial charge in [-0.05, 0) is 131 Å². The molecule has 102 heavy (non-hydrogen) atoms. The van der Waals surface area contributed by atoms with Gasteiger partial charge >= 0.3 is 6.18 Å². The molecule has 24 nitrogen and oxygen atoms in total. The fourth-order valence-corrected chi connectivity index (χ4v) is 16.3. The number of piperidine rings is 1. The Hall–Kier alpha value is -7.06. The summed E-state index contributed by atoms with van der Waals surface area (Å²) in [4.78, 5) is 192. The lowest BCUT2D eigenvalue weighted by molar-refractivity contribution is -0.157. The third-order valence-corrected chi connectivity index (χ3v) is 23.0. The number of hydrogen-bond acceptors (Lipinski definition) is 12. The number of carbonyl (C=O) groups is 12. The van der Waals surface area contributed by atoms with Gasteiger partial charge in [-0.25, -0.2) is 0 Å². The van der Waals surface area contributed by atoms with E-state index in [0.29, 0.717) is 76.4 Å². The van der Waals surface area contributed by atoms with Gasteiger partial charge in [0.2, 0.25) is 70.9 Å². The molecule has 1 aromatic rings. The summed E-state index contributed by atoms with van der Waals surface area (Å²) in [6, 6.07) is -5.50. The van der Waals surface area contributed by atoms with Gasteiger partial charge in [0.05, 0.1) is 36.6 Å². The highest BCUT2D eigenvalue weighted by Gasteiger charge is 2.51. The first-order valence-corrected chi connectivity index (χ1v) is 37.7. The van der Waals surface area contributed by atoms with Crippen LogP contribution in [0.5, 0.6) is 0 Å². The predicted octanol–water partition coefficient (Wildman–Crippen LogP) is 6.81. The second-order valence-electron chi connectivity index (χ2n) is 30.5. The van der Waals surface area contributed by atoms with Gasteiger partial charge in [-0.15, -0.1) is 0 Å². The van der Waals surface area contributed by atoms with Crippen molar-refractivity contribution in [2.24, 2.45) is 23.7 Å². The molecule has 3 heterocycles. The zero-order chi connectivity index (χ0) is 75.1. The maximum absolute atomic E-state index is 15.9. The second-order valence-corrected chi connectivity index (χ2v) is 30.9. The summed E-state index contributed by atoms with van der Waals surface area (Å²) >= 11 is 6.17. The fraction of sp³-hybridized carbons (Fsp3) is 0.757. The molecular weight excluding hydrogens is 1340 g/mol. The molecule has 28 heteroatoms. The third kappa shape index (κ3) is 20.9. The molecule has 3 N–H and O–H groups in total. The number of hydrogen-bond donors (Lipinski definition) is 3. The minimum absolute atomic E-state index is 0.0197. The molecule has 3 aliphatic heterocycles. The molecule has 0 radical (unpaired) electrons. The van der Waals surface area contributed by atoms with Crippen molar-refractivity contribution < 1.29 is 70.7 Å². The van der Waals surface area contributed by atoms with Crippen molar-refractivity contribution >= 4 is 82.5 Å². The molecular formula is C74H114ClF3N12O12. The predicted molar refractivity (Wildman–Crippen MR) is 378 cm³/mol. The van der Waals surface area contributed by atoms with Crippen molar-refractivity contribution in [1.29, 1.82) is 0 Å². The summed E-state index contributed by atoms with van der Waals surface area (Å²) < 4.78 is 41.7. The number of benzene rings is 1. The number of nitrogens with one attached hydrogen (secondary N) is 3. The number of fused-ring (bicyclic) bond motifs is 1. The highest BCUT2D eigenvalue weighted by Crippen LogP contribution is 2.39. The van der Waals surface area contributed by atoms with Crippen LogP contribution in [-0.4, -0.2) is 251 Å². The van der Waals surface area contributed by atoms with Crippen LogP contribution in [0, 0.1) is 23.7 Å². The first-order chi connectivity index (χ1) is 48.2. The molecule has 6 fully saturated rings. The van der Waals surface area contributed by atoms with Crippen LogP contribution in [0.1, 0.15) is 199 Å². The van der Waals surface area contributed by atoms with Gasteiger partial charge in [-0.1, -0.05) is 116 Å². The quantitative estimate of drug-likeness (QED) is 0.195. The molecule has 7 rings (SSSR count). The van der Waals surface area contributed by atoms with Crippen molar-refractivity contribution in [3.63, 3.8) is 0 Å². The van der Waals surface area contributed by atoms with Gasteiger partial charge in [0.15, 0.2) is 0 Å². The molecule has 1 spiro atoms. The maximum atomic E-state index is 15.9. The van der Waals surface area contributed by atoms with Crippen molar-refractivity contribution in [1.82, 2.24) is 60.0 Å². The van der Waals surface area contributed by atoms with Gasteiger partial charge < -0.3 is 60.0 Å². The van der Waals surface area contributed by atoms with E-state index in [4.69, 9.17) is 11.6 Å². The van der Waals surface area contributed by atoms with Crippen molar-refractivity contribution in [2.45, 2.75) is 249 Å². The van der Waals surface area contributed by atoms with E-state index in [9.17, 15) is 41.9 Å². The van der Waals surface area contributed by atoms with Crippen LogP contribution >= 0.6 is 11.6 Å². The van der Waals surface area contributed by atoms with Crippen molar-refractivity contribution in [3.8, 4) is 0 Å². The summed E-state index contributed by atoms with van der Waals surface area (Å²) in [7, 11) is 10.1. The summed E-state index contributed by atoms with van der Waals surface area (Å²) in [5, 5.41) is 8.22. The first-order valence-electron chi connectivity index (χ1n) is 37.4. The third-order valence-electron chi connectivity index (χ3n) is 22.7. The van der Waals surface area contributed by atoms with Crippen LogP contribution in [0.15, 0.2) is 18.2 Å². The van der Waals surface area contributed by atoms with Crippen LogP contribution < -0.4 is 16.0 Å². The van der Waals surface area contributed by atoms with E-state index >= 15 is 28.8 Å². The number of likely N-dealkylation sites (N-methyl/N-ethyl adjacent to an activating group) is 7. The number of carbonyl (C=O) groups excluding carboxylic acids is 12. The summed E-state index contributed by atoms with van der Waals surface area (Å²) in [6.45, 7) is 6.67. The largest absolute Gasteiger partial charge is 0.417 e. The van der Waals surface area contributed by atoms with E-state index in [0.717, 1.165) is 84.6 Å². The zero-order valence-corrected chi connectivity index (χ0v) is 62.9. The van der Waals surface area contributed by atoms with E-state index in [-0.39, 0.29) is 63.3 Å². The number of alkyl halides is 3. The molecule has 6 aliphatic rings. The van der Waals surface area contributed by atoms with E-state index < -0.39 is 173 Å². The Balaban J connectivity index is 1.29. The van der Waals surface area contributed by atoms with Crippen LogP contribution in [0.25, 0.3) is 0 Å². The fourth-order valence-electron chi connectivity index (χ4n) is 16.0. The van der Waals surface area contributed by atoms with Gasteiger partial charge in [-0.2, -0.15) is 13.2 Å². The van der Waals surface area contributed by atoms with E-state index in [1.807, 2.05) is 20.8 Å². The molecule has 1 unspecified atom stereocenters. The molecule has 3 aliphatic carbocycles. The summed E-state index contributed by atoms with van der Waals surface area (Å²) in [5.41, 5.74) is -2.33. The number of aryl methyl sites for hydroxylation is 1. The van der Waals surface area contributed by atoms with Crippen LogP contribution in [-0.2, 0) is 70.1 Å². The molecule has 1 aromatic carbocycles. The van der Waals surface area contributed by atoms with E-state index in [2.05, 4.69) is 16.0 Å². The Morgan fingerprint density at radius 3 is 1.81 bits per heavy atom. The van der Waals surface area contributed by atoms with Crippen LogP contribution in [0.2, 0.25) is 5.02 Å². The van der Waals surface area contributed by atoms with Crippen LogP contribution in [0.3, 0.4) is 0 Å². The van der Waals surface area contributed by atoms with E-state index in [1.54, 1.807) is 11.8 Å². The number of nitrogens with zero attached hydrogens (tertiary/aromatic N) is 9. The van der Waals surface area contributed by atoms with Gasteiger partial charge in [0.1, 0.15) is 47.8 Å². The smallest absolute Gasteiger partial charge is 0.343 e. The molecule has 3 saturated carbocycles. The lowest BCUT2D eigenvalue weighted by atomic mass is 9.81. The second kappa shape index (κ2) is 37.1. The van der Waals surface area contributed by atoms with Crippen LogP contribution in [0.4, 0.5) is 13.2 Å². The molecule has 0 aromatic heterocycles. The Morgan fingerprint density at radius 1 is 0.608 bits per heavy atom. The zero-order valence-electron chi connectivity index (χ0n) is 62.1. The number of rotatable bonds is 12. The lowest BCUT2D eigenvalue weighted by Crippen LogP contribution is -2.65. The van der Waals surface area contributed by atoms with Gasteiger partial charge in [0.25, 0.3) is 0 Å². The molecule has 570 valence electrons. The van der Waals surface area contributed by atoms with Crippen molar-refractivity contribution in [3.05, 3.63) is 34.3 Å². The monoisotopic (exact) mass is 1450 g/mol. The summed E-state index contributed by atoms with van der Waals surface area (Å²) in [5.74, 6) is -8.40. The average molecular weight is 1460 g/mol. The molecule has 12 amide bonds. The number of halogens is 4. The lowest BCUT2D eigenvalue weighted by Gasteiger charge is -2.43. The van der Waals surface area contributed by atoms with Gasteiger partial charge in [0, 0.05) is 69.0 Å². The summed E-state index contributed by atoms with van der Waals surface area (Å²) in [6.07, 6.45) is 7.64. The Bertz CT molecular complexity index is 3150. The topological polar surface area (TPSA) is 270 Å². The molecule has 0 bridgehead atoms. The first kappa shape index (κ1) is 82.2. The van der Waals surface area contributed by atoms with Gasteiger partial charge in [-0.3, -0.25) is 57.5 Å². The van der Waals surface area contributed by atoms with E-state index in [1.165, 1.54) is 79.9 Å². The highest BCUT2D eigenvalue weighted by molar-refractivity contribution is 6.31. The number of likely N-dealkylation sites (tertiary alicyclic amines) is 1.